The predicted octanol–water partition coefficient (Wildman–Crippen LogP) is 2.87. The molecule has 0 amide bonds. The van der Waals surface area contributed by atoms with Gasteiger partial charge in [0.05, 0.1) is 5.92 Å². The van der Waals surface area contributed by atoms with Crippen LogP contribution in [0.25, 0.3) is 0 Å². The smallest absolute Gasteiger partial charge is 0.460 e. The summed E-state index contributed by atoms with van der Waals surface area (Å²) < 4.78 is 21.0. The average Bonchev–Trinajstić information content (AvgIpc) is 2.94. The average molecular weight is 470 g/mol. The Morgan fingerprint density at radius 3 is 2.28 bits per heavy atom. The van der Waals surface area contributed by atoms with E-state index in [0.29, 0.717) is 0 Å². The van der Waals surface area contributed by atoms with E-state index in [1.54, 1.807) is 20.8 Å². The molecule has 1 heterocycles. The summed E-state index contributed by atoms with van der Waals surface area (Å²) >= 11 is 3.35. The van der Waals surface area contributed by atoms with Crippen LogP contribution in [0, 0.1) is 12.8 Å². The van der Waals surface area contributed by atoms with Crippen LogP contribution in [-0.4, -0.2) is 23.6 Å². The highest BCUT2D eigenvalue weighted by atomic mass is 79.9. The van der Waals surface area contributed by atoms with Crippen LogP contribution in [0.5, 0.6) is 0 Å². The van der Waals surface area contributed by atoms with Crippen molar-refractivity contribution < 1.29 is 27.9 Å². The van der Waals surface area contributed by atoms with Gasteiger partial charge in [0, 0.05) is 4.47 Å². The lowest BCUT2D eigenvalue weighted by atomic mass is 9.92. The number of hydrogen-bond donors (Lipinski definition) is 1. The second kappa shape index (κ2) is 9.41. The second-order valence-corrected chi connectivity index (χ2v) is 8.45. The second-order valence-electron chi connectivity index (χ2n) is 7.54. The lowest BCUT2D eigenvalue weighted by Crippen LogP contribution is -2.46. The molecule has 2 rings (SSSR count). The number of rotatable bonds is 7. The minimum absolute atomic E-state index is 0.0808. The molecule has 0 saturated heterocycles. The molecule has 0 radical (unpaired) electrons. The predicted molar refractivity (Wildman–Crippen MR) is 107 cm³/mol. The van der Waals surface area contributed by atoms with Crippen LogP contribution in [0.15, 0.2) is 42.4 Å². The van der Waals surface area contributed by atoms with Crippen molar-refractivity contribution in [3.05, 3.63) is 56.4 Å². The third kappa shape index (κ3) is 6.86. The number of carbonyl (C=O) groups is 2. The van der Waals surface area contributed by atoms with Crippen molar-refractivity contribution >= 4 is 27.9 Å². The highest BCUT2D eigenvalue weighted by molar-refractivity contribution is 9.10. The number of aryl methyl sites for hydroxylation is 1. The standard InChI is InChI=1S/C20H24BrNO7/c1-11-15(28-19(25)27-11)10-26-18(24)16(22)14(17(23)29-20(2,3)4)9-12-5-7-13(21)8-6-12/h5-8,14,16H,9-10,22H2,1-4H3/t14?,16-/m1/s1. The first-order valence-corrected chi connectivity index (χ1v) is 9.74. The van der Waals surface area contributed by atoms with Crippen LogP contribution < -0.4 is 11.6 Å². The van der Waals surface area contributed by atoms with Crippen molar-refractivity contribution in [3.63, 3.8) is 0 Å². The Bertz CT molecular complexity index is 908. The lowest BCUT2D eigenvalue weighted by Gasteiger charge is -2.26. The van der Waals surface area contributed by atoms with Crippen LogP contribution >= 0.6 is 15.9 Å². The Kier molecular flexibility index (Phi) is 7.43. The van der Waals surface area contributed by atoms with Gasteiger partial charge >= 0.3 is 17.8 Å². The normalized spacial score (nSPS) is 13.6. The highest BCUT2D eigenvalue weighted by Gasteiger charge is 2.35. The molecule has 1 aromatic heterocycles. The fourth-order valence-electron chi connectivity index (χ4n) is 2.51. The molecule has 1 aromatic carbocycles. The molecular formula is C20H24BrNO7. The molecule has 0 bridgehead atoms. The largest absolute Gasteiger partial charge is 0.519 e. The number of esters is 2. The third-order valence-electron chi connectivity index (χ3n) is 3.97. The van der Waals surface area contributed by atoms with Crippen LogP contribution in [0.4, 0.5) is 0 Å². The van der Waals surface area contributed by atoms with Crippen molar-refractivity contribution in [2.24, 2.45) is 11.7 Å². The lowest BCUT2D eigenvalue weighted by molar-refractivity contribution is -0.165. The molecule has 0 saturated carbocycles. The van der Waals surface area contributed by atoms with Gasteiger partial charge < -0.3 is 24.0 Å². The first kappa shape index (κ1) is 22.9. The molecule has 2 N–H and O–H groups in total. The van der Waals surface area contributed by atoms with Crippen LogP contribution in [0.3, 0.4) is 0 Å². The van der Waals surface area contributed by atoms with Gasteiger partial charge in [0.25, 0.3) is 0 Å². The molecule has 0 aliphatic heterocycles. The van der Waals surface area contributed by atoms with Gasteiger partial charge in [-0.15, -0.1) is 0 Å². The Hall–Kier alpha value is -2.39. The number of ether oxygens (including phenoxy) is 2. The minimum Gasteiger partial charge on any atom is -0.460 e. The Morgan fingerprint density at radius 2 is 1.76 bits per heavy atom. The summed E-state index contributed by atoms with van der Waals surface area (Å²) in [5, 5.41) is 0. The topological polar surface area (TPSA) is 122 Å². The van der Waals surface area contributed by atoms with E-state index in [2.05, 4.69) is 15.9 Å². The van der Waals surface area contributed by atoms with Crippen molar-refractivity contribution in [1.29, 1.82) is 0 Å². The van der Waals surface area contributed by atoms with Gasteiger partial charge in [0.2, 0.25) is 0 Å². The van der Waals surface area contributed by atoms with E-state index in [9.17, 15) is 14.4 Å². The molecule has 0 aliphatic carbocycles. The van der Waals surface area contributed by atoms with Gasteiger partial charge in [0.1, 0.15) is 11.6 Å². The number of halogens is 1. The van der Waals surface area contributed by atoms with Gasteiger partial charge in [-0.05, 0) is 51.8 Å². The SMILES string of the molecule is Cc1oc(=O)oc1COC(=O)[C@H](N)C(Cc1ccc(Br)cc1)C(=O)OC(C)(C)C. The molecule has 2 aromatic rings. The van der Waals surface area contributed by atoms with Gasteiger partial charge in [-0.25, -0.2) is 4.79 Å². The van der Waals surface area contributed by atoms with E-state index >= 15 is 0 Å². The fourth-order valence-corrected chi connectivity index (χ4v) is 2.78. The molecule has 2 atom stereocenters. The fraction of sp³-hybridized carbons (Fsp3) is 0.450. The Morgan fingerprint density at radius 1 is 1.14 bits per heavy atom. The summed E-state index contributed by atoms with van der Waals surface area (Å²) in [4.78, 5) is 36.3. The molecule has 8 nitrogen and oxygen atoms in total. The Balaban J connectivity index is 2.15. The zero-order valence-corrected chi connectivity index (χ0v) is 18.3. The highest BCUT2D eigenvalue weighted by Crippen LogP contribution is 2.20. The number of benzene rings is 1. The van der Waals surface area contributed by atoms with Crippen LogP contribution in [0.1, 0.15) is 37.9 Å². The van der Waals surface area contributed by atoms with Crippen LogP contribution in [0.2, 0.25) is 0 Å². The molecule has 1 unspecified atom stereocenters. The summed E-state index contributed by atoms with van der Waals surface area (Å²) in [6.07, 6.45) is 0.193. The monoisotopic (exact) mass is 469 g/mol. The molecular weight excluding hydrogens is 446 g/mol. The summed E-state index contributed by atoms with van der Waals surface area (Å²) in [7, 11) is 0. The summed E-state index contributed by atoms with van der Waals surface area (Å²) in [6.45, 7) is 6.37. The van der Waals surface area contributed by atoms with Crippen molar-refractivity contribution in [2.75, 3.05) is 0 Å². The summed E-state index contributed by atoms with van der Waals surface area (Å²) in [5.74, 6) is -2.98. The number of hydrogen-bond acceptors (Lipinski definition) is 8. The first-order chi connectivity index (χ1) is 13.5. The summed E-state index contributed by atoms with van der Waals surface area (Å²) in [5.41, 5.74) is 6.14. The van der Waals surface area contributed by atoms with Crippen molar-refractivity contribution in [3.8, 4) is 0 Å². The number of carbonyl (C=O) groups excluding carboxylic acids is 2. The van der Waals surface area contributed by atoms with E-state index in [0.717, 1.165) is 10.0 Å². The minimum atomic E-state index is -1.27. The van der Waals surface area contributed by atoms with E-state index in [-0.39, 0.29) is 24.5 Å². The molecule has 9 heteroatoms. The quantitative estimate of drug-likeness (QED) is 0.613. The molecule has 29 heavy (non-hydrogen) atoms. The number of nitrogens with two attached hydrogens (primary N) is 1. The van der Waals surface area contributed by atoms with E-state index < -0.39 is 35.3 Å². The van der Waals surface area contributed by atoms with Gasteiger partial charge in [-0.2, -0.15) is 0 Å². The molecule has 0 spiro atoms. The maximum atomic E-state index is 12.7. The van der Waals surface area contributed by atoms with Gasteiger partial charge in [0.15, 0.2) is 18.1 Å². The molecule has 0 fully saturated rings. The third-order valence-corrected chi connectivity index (χ3v) is 4.49. The zero-order chi connectivity index (χ0) is 21.8. The van der Waals surface area contributed by atoms with Crippen molar-refractivity contribution in [1.82, 2.24) is 0 Å². The van der Waals surface area contributed by atoms with Gasteiger partial charge in [-0.1, -0.05) is 28.1 Å². The van der Waals surface area contributed by atoms with Gasteiger partial charge in [-0.3, -0.25) is 9.59 Å². The zero-order valence-electron chi connectivity index (χ0n) is 16.7. The van der Waals surface area contributed by atoms with Crippen molar-refractivity contribution in [2.45, 2.75) is 52.4 Å². The summed E-state index contributed by atoms with van der Waals surface area (Å²) in [6, 6.07) is 6.03. The van der Waals surface area contributed by atoms with E-state index in [4.69, 9.17) is 24.0 Å². The van der Waals surface area contributed by atoms with E-state index in [1.807, 2.05) is 24.3 Å². The van der Waals surface area contributed by atoms with E-state index in [1.165, 1.54) is 6.92 Å². The maximum absolute atomic E-state index is 12.7. The molecule has 0 aliphatic rings. The van der Waals surface area contributed by atoms with Crippen LogP contribution in [-0.2, 0) is 32.1 Å². The maximum Gasteiger partial charge on any atom is 0.519 e. The first-order valence-electron chi connectivity index (χ1n) is 8.95. The Labute approximate surface area is 176 Å². The molecule has 158 valence electrons.